The summed E-state index contributed by atoms with van der Waals surface area (Å²) in [7, 11) is 5.62. The first-order valence-electron chi connectivity index (χ1n) is 8.10. The predicted octanol–water partition coefficient (Wildman–Crippen LogP) is 3.65. The maximum absolute atomic E-state index is 12.9. The summed E-state index contributed by atoms with van der Waals surface area (Å²) >= 11 is 7.77. The number of ether oxygens (including phenoxy) is 1. The number of hydrogen-bond acceptors (Lipinski definition) is 5. The number of methoxy groups -OCH3 is 1. The van der Waals surface area contributed by atoms with Crippen LogP contribution in [0.3, 0.4) is 0 Å². The zero-order valence-corrected chi connectivity index (χ0v) is 15.8. The Morgan fingerprint density at radius 2 is 2.12 bits per heavy atom. The molecule has 0 spiro atoms. The first kappa shape index (κ1) is 17.5. The number of anilines is 1. The summed E-state index contributed by atoms with van der Waals surface area (Å²) in [6, 6.07) is 3.62. The van der Waals surface area contributed by atoms with Gasteiger partial charge in [-0.2, -0.15) is 0 Å². The van der Waals surface area contributed by atoms with E-state index in [0.29, 0.717) is 22.4 Å². The van der Waals surface area contributed by atoms with E-state index in [2.05, 4.69) is 9.88 Å². The Balaban J connectivity index is 1.98. The fourth-order valence-corrected chi connectivity index (χ4v) is 3.98. The van der Waals surface area contributed by atoms with E-state index in [0.717, 1.165) is 36.0 Å². The molecule has 3 rings (SSSR count). The zero-order chi connectivity index (χ0) is 17.3. The lowest BCUT2D eigenvalue weighted by atomic mass is 9.84. The number of nitrogens with zero attached hydrogens (tertiary/aromatic N) is 3. The van der Waals surface area contributed by atoms with Crippen molar-refractivity contribution in [2.45, 2.75) is 19.3 Å². The summed E-state index contributed by atoms with van der Waals surface area (Å²) in [5.41, 5.74) is 0.723. The SMILES string of the molecule is COc1ccc(Cl)c2sc(N(CCN(C)C)C(=O)C3CCC3)nc12. The molecule has 130 valence electrons. The van der Waals surface area contributed by atoms with Crippen LogP contribution in [0.2, 0.25) is 5.02 Å². The van der Waals surface area contributed by atoms with Crippen molar-refractivity contribution >= 4 is 44.2 Å². The summed E-state index contributed by atoms with van der Waals surface area (Å²) in [5, 5.41) is 1.34. The fourth-order valence-electron chi connectivity index (χ4n) is 2.70. The van der Waals surface area contributed by atoms with Gasteiger partial charge in [-0.25, -0.2) is 4.98 Å². The van der Waals surface area contributed by atoms with E-state index in [1.807, 2.05) is 31.1 Å². The number of rotatable bonds is 6. The van der Waals surface area contributed by atoms with E-state index in [-0.39, 0.29) is 11.8 Å². The molecular weight excluding hydrogens is 346 g/mol. The summed E-state index contributed by atoms with van der Waals surface area (Å²) in [4.78, 5) is 21.4. The van der Waals surface area contributed by atoms with Gasteiger partial charge in [-0.05, 0) is 39.1 Å². The summed E-state index contributed by atoms with van der Waals surface area (Å²) in [5.74, 6) is 0.995. The van der Waals surface area contributed by atoms with E-state index >= 15 is 0 Å². The highest BCUT2D eigenvalue weighted by atomic mass is 35.5. The highest BCUT2D eigenvalue weighted by Gasteiger charge is 2.32. The molecule has 0 atom stereocenters. The molecule has 1 heterocycles. The molecule has 1 aromatic heterocycles. The van der Waals surface area contributed by atoms with Crippen molar-refractivity contribution in [1.82, 2.24) is 9.88 Å². The summed E-state index contributed by atoms with van der Waals surface area (Å²) in [6.45, 7) is 1.42. The fraction of sp³-hybridized carbons (Fsp3) is 0.529. The summed E-state index contributed by atoms with van der Waals surface area (Å²) in [6.07, 6.45) is 3.09. The second-order valence-corrected chi connectivity index (χ2v) is 7.73. The number of carbonyl (C=O) groups excluding carboxylic acids is 1. The Bertz CT molecular complexity index is 743. The van der Waals surface area contributed by atoms with E-state index in [1.54, 1.807) is 7.11 Å². The average Bonchev–Trinajstić information content (AvgIpc) is 2.91. The molecule has 24 heavy (non-hydrogen) atoms. The Kier molecular flexibility index (Phi) is 5.27. The number of hydrogen-bond donors (Lipinski definition) is 0. The number of likely N-dealkylation sites (N-methyl/N-ethyl adjacent to an activating group) is 1. The Morgan fingerprint density at radius 3 is 2.71 bits per heavy atom. The molecule has 1 aliphatic carbocycles. The number of carbonyl (C=O) groups is 1. The van der Waals surface area contributed by atoms with Crippen LogP contribution in [0.15, 0.2) is 12.1 Å². The molecule has 1 aromatic carbocycles. The lowest BCUT2D eigenvalue weighted by molar-refractivity contribution is -0.124. The molecular formula is C17H22ClN3O2S. The zero-order valence-electron chi connectivity index (χ0n) is 14.2. The normalized spacial score (nSPS) is 14.9. The topological polar surface area (TPSA) is 45.7 Å². The van der Waals surface area contributed by atoms with E-state index in [4.69, 9.17) is 16.3 Å². The van der Waals surface area contributed by atoms with Crippen LogP contribution in [0.25, 0.3) is 10.2 Å². The van der Waals surface area contributed by atoms with Crippen molar-refractivity contribution in [2.75, 3.05) is 39.2 Å². The molecule has 0 saturated heterocycles. The Labute approximate surface area is 151 Å². The molecule has 1 amide bonds. The molecule has 1 aliphatic rings. The average molecular weight is 368 g/mol. The number of benzene rings is 1. The highest BCUT2D eigenvalue weighted by Crippen LogP contribution is 2.40. The quantitative estimate of drug-likeness (QED) is 0.781. The van der Waals surface area contributed by atoms with Gasteiger partial charge in [-0.15, -0.1) is 0 Å². The van der Waals surface area contributed by atoms with Crippen LogP contribution >= 0.6 is 22.9 Å². The Hall–Kier alpha value is -1.37. The van der Waals surface area contributed by atoms with Gasteiger partial charge in [0.25, 0.3) is 0 Å². The van der Waals surface area contributed by atoms with Crippen molar-refractivity contribution in [3.63, 3.8) is 0 Å². The lowest BCUT2D eigenvalue weighted by Gasteiger charge is -2.30. The number of amides is 1. The maximum Gasteiger partial charge on any atom is 0.231 e. The van der Waals surface area contributed by atoms with Gasteiger partial charge in [0.05, 0.1) is 16.8 Å². The molecule has 2 aromatic rings. The molecule has 0 bridgehead atoms. The molecule has 1 saturated carbocycles. The minimum Gasteiger partial charge on any atom is -0.494 e. The first-order chi connectivity index (χ1) is 11.5. The monoisotopic (exact) mass is 367 g/mol. The van der Waals surface area contributed by atoms with Crippen LogP contribution in [0, 0.1) is 5.92 Å². The van der Waals surface area contributed by atoms with Crippen molar-refractivity contribution in [2.24, 2.45) is 5.92 Å². The van der Waals surface area contributed by atoms with Gasteiger partial charge in [0.15, 0.2) is 5.13 Å². The van der Waals surface area contributed by atoms with Gasteiger partial charge < -0.3 is 9.64 Å². The maximum atomic E-state index is 12.9. The number of halogens is 1. The highest BCUT2D eigenvalue weighted by molar-refractivity contribution is 7.23. The van der Waals surface area contributed by atoms with Crippen molar-refractivity contribution < 1.29 is 9.53 Å². The van der Waals surface area contributed by atoms with Crippen molar-refractivity contribution in [3.8, 4) is 5.75 Å². The molecule has 0 radical (unpaired) electrons. The molecule has 0 unspecified atom stereocenters. The van der Waals surface area contributed by atoms with Crippen molar-refractivity contribution in [1.29, 1.82) is 0 Å². The predicted molar refractivity (Wildman–Crippen MR) is 99.4 cm³/mol. The molecule has 1 fully saturated rings. The third-order valence-electron chi connectivity index (χ3n) is 4.39. The van der Waals surface area contributed by atoms with E-state index in [1.165, 1.54) is 11.3 Å². The lowest BCUT2D eigenvalue weighted by Crippen LogP contribution is -2.42. The van der Waals surface area contributed by atoms with Crippen LogP contribution in [0.5, 0.6) is 5.75 Å². The molecule has 7 heteroatoms. The molecule has 5 nitrogen and oxygen atoms in total. The van der Waals surface area contributed by atoms with Crippen LogP contribution in [-0.4, -0.2) is 50.1 Å². The molecule has 0 N–H and O–H groups in total. The smallest absolute Gasteiger partial charge is 0.231 e. The number of aromatic nitrogens is 1. The van der Waals surface area contributed by atoms with Crippen LogP contribution in [-0.2, 0) is 4.79 Å². The third-order valence-corrected chi connectivity index (χ3v) is 5.93. The number of fused-ring (bicyclic) bond motifs is 1. The van der Waals surface area contributed by atoms with Gasteiger partial charge in [0.1, 0.15) is 11.3 Å². The second-order valence-electron chi connectivity index (χ2n) is 6.34. The van der Waals surface area contributed by atoms with Gasteiger partial charge in [0.2, 0.25) is 5.91 Å². The van der Waals surface area contributed by atoms with Crippen LogP contribution < -0.4 is 9.64 Å². The van der Waals surface area contributed by atoms with Gasteiger partial charge >= 0.3 is 0 Å². The second kappa shape index (κ2) is 7.25. The van der Waals surface area contributed by atoms with E-state index < -0.39 is 0 Å². The third kappa shape index (κ3) is 3.36. The minimum absolute atomic E-state index is 0.136. The number of thiazole rings is 1. The standard InChI is InChI=1S/C17H22ClN3O2S/c1-20(2)9-10-21(16(22)11-5-4-6-11)17-19-14-13(23-3)8-7-12(18)15(14)24-17/h7-8,11H,4-6,9-10H2,1-3H3. The van der Waals surface area contributed by atoms with Gasteiger partial charge in [-0.3, -0.25) is 9.69 Å². The summed E-state index contributed by atoms with van der Waals surface area (Å²) < 4.78 is 6.25. The Morgan fingerprint density at radius 1 is 1.38 bits per heavy atom. The first-order valence-corrected chi connectivity index (χ1v) is 9.30. The van der Waals surface area contributed by atoms with Gasteiger partial charge in [0, 0.05) is 19.0 Å². The van der Waals surface area contributed by atoms with Crippen LogP contribution in [0.4, 0.5) is 5.13 Å². The van der Waals surface area contributed by atoms with Gasteiger partial charge in [-0.1, -0.05) is 29.4 Å². The molecule has 0 aliphatic heterocycles. The van der Waals surface area contributed by atoms with Crippen molar-refractivity contribution in [3.05, 3.63) is 17.2 Å². The minimum atomic E-state index is 0.136. The van der Waals surface area contributed by atoms with E-state index in [9.17, 15) is 4.79 Å². The van der Waals surface area contributed by atoms with Crippen LogP contribution in [0.1, 0.15) is 19.3 Å². The largest absolute Gasteiger partial charge is 0.494 e.